The average molecular weight is 177 g/mol. The first-order chi connectivity index (χ1) is 6.45. The minimum Gasteiger partial charge on any atom is -0.329 e. The number of rotatable bonds is 0. The van der Waals surface area contributed by atoms with Crippen molar-refractivity contribution in [3.05, 3.63) is 35.4 Å². The van der Waals surface area contributed by atoms with E-state index in [0.717, 1.165) is 13.0 Å². The molecule has 0 N–H and O–H groups in total. The molecule has 1 atom stereocenters. The lowest BCUT2D eigenvalue weighted by Crippen LogP contribution is -2.30. The Hall–Kier alpha value is -0.900. The summed E-state index contributed by atoms with van der Waals surface area (Å²) in [5, 5.41) is 1.92. The summed E-state index contributed by atoms with van der Waals surface area (Å²) < 4.78 is 5.49. The zero-order valence-corrected chi connectivity index (χ0v) is 7.27. The average Bonchev–Trinajstić information content (AvgIpc) is 2.65. The molecule has 3 rings (SSSR count). The monoisotopic (exact) mass is 177 g/mol. The molecule has 2 aliphatic heterocycles. The number of ether oxygens (including phenoxy) is 1. The normalized spacial score (nSPS) is 26.9. The summed E-state index contributed by atoms with van der Waals surface area (Å²) >= 11 is 0. The van der Waals surface area contributed by atoms with E-state index in [4.69, 9.17) is 9.57 Å². The Bertz CT molecular complexity index is 326. The Morgan fingerprint density at radius 3 is 3.23 bits per heavy atom. The Morgan fingerprint density at radius 2 is 2.23 bits per heavy atom. The van der Waals surface area contributed by atoms with Crippen LogP contribution in [0.2, 0.25) is 0 Å². The van der Waals surface area contributed by atoms with Crippen LogP contribution in [-0.2, 0) is 16.0 Å². The van der Waals surface area contributed by atoms with Gasteiger partial charge in [0.1, 0.15) is 0 Å². The molecule has 68 valence electrons. The maximum absolute atomic E-state index is 5.49. The van der Waals surface area contributed by atoms with Gasteiger partial charge in [0, 0.05) is 12.1 Å². The molecule has 0 aliphatic carbocycles. The number of hydrogen-bond acceptors (Lipinski definition) is 3. The largest absolute Gasteiger partial charge is 0.329 e. The van der Waals surface area contributed by atoms with Gasteiger partial charge in [-0.2, -0.15) is 5.06 Å². The number of hydroxylamine groups is 2. The summed E-state index contributed by atoms with van der Waals surface area (Å²) in [6, 6.07) is 8.39. The molecule has 2 heterocycles. The van der Waals surface area contributed by atoms with E-state index in [-0.39, 0.29) is 6.23 Å². The topological polar surface area (TPSA) is 21.7 Å². The van der Waals surface area contributed by atoms with Crippen LogP contribution in [-0.4, -0.2) is 18.4 Å². The van der Waals surface area contributed by atoms with Crippen molar-refractivity contribution >= 4 is 0 Å². The van der Waals surface area contributed by atoms with Gasteiger partial charge in [-0.25, -0.2) is 0 Å². The standard InChI is InChI=1S/C10H11NO2/c1-2-4-9-8(3-1)5-6-11-10(9)12-7-13-11/h1-4,10H,5-7H2. The lowest BCUT2D eigenvalue weighted by molar-refractivity contribution is -0.136. The van der Waals surface area contributed by atoms with Gasteiger partial charge in [0.25, 0.3) is 0 Å². The van der Waals surface area contributed by atoms with Crippen molar-refractivity contribution in [3.63, 3.8) is 0 Å². The fourth-order valence-corrected chi connectivity index (χ4v) is 1.97. The maximum Gasteiger partial charge on any atom is 0.169 e. The Balaban J connectivity index is 2.06. The van der Waals surface area contributed by atoms with Crippen LogP contribution >= 0.6 is 0 Å². The van der Waals surface area contributed by atoms with Crippen LogP contribution < -0.4 is 0 Å². The first-order valence-electron chi connectivity index (χ1n) is 4.54. The van der Waals surface area contributed by atoms with Gasteiger partial charge in [-0.05, 0) is 12.0 Å². The first kappa shape index (κ1) is 7.50. The molecule has 0 saturated carbocycles. The van der Waals surface area contributed by atoms with Crippen molar-refractivity contribution in [3.8, 4) is 0 Å². The molecule has 1 aromatic rings. The molecule has 1 unspecified atom stereocenters. The van der Waals surface area contributed by atoms with Crippen LogP contribution in [0.1, 0.15) is 17.4 Å². The van der Waals surface area contributed by atoms with Crippen LogP contribution in [0.25, 0.3) is 0 Å². The van der Waals surface area contributed by atoms with E-state index in [2.05, 4.69) is 18.2 Å². The second-order valence-corrected chi connectivity index (χ2v) is 3.36. The van der Waals surface area contributed by atoms with Crippen LogP contribution in [0.4, 0.5) is 0 Å². The zero-order valence-electron chi connectivity index (χ0n) is 7.27. The lowest BCUT2D eigenvalue weighted by Gasteiger charge is -2.27. The summed E-state index contributed by atoms with van der Waals surface area (Å²) in [5.74, 6) is 0. The summed E-state index contributed by atoms with van der Waals surface area (Å²) in [7, 11) is 0. The molecule has 1 aromatic carbocycles. The molecule has 13 heavy (non-hydrogen) atoms. The molecular formula is C10H11NO2. The molecule has 0 bridgehead atoms. The molecule has 0 aromatic heterocycles. The molecule has 0 radical (unpaired) electrons. The minimum absolute atomic E-state index is 0.0324. The molecule has 1 fully saturated rings. The van der Waals surface area contributed by atoms with Gasteiger partial charge >= 0.3 is 0 Å². The van der Waals surface area contributed by atoms with E-state index in [1.54, 1.807) is 0 Å². The highest BCUT2D eigenvalue weighted by Gasteiger charge is 2.32. The van der Waals surface area contributed by atoms with Gasteiger partial charge in [0.2, 0.25) is 0 Å². The number of nitrogens with zero attached hydrogens (tertiary/aromatic N) is 1. The maximum atomic E-state index is 5.49. The van der Waals surface area contributed by atoms with Gasteiger partial charge < -0.3 is 4.74 Å². The Morgan fingerprint density at radius 1 is 1.31 bits per heavy atom. The summed E-state index contributed by atoms with van der Waals surface area (Å²) in [6.07, 6.45) is 1.08. The first-order valence-corrected chi connectivity index (χ1v) is 4.54. The van der Waals surface area contributed by atoms with Crippen LogP contribution in [0.3, 0.4) is 0 Å². The number of hydrogen-bond donors (Lipinski definition) is 0. The van der Waals surface area contributed by atoms with Gasteiger partial charge in [-0.15, -0.1) is 0 Å². The third kappa shape index (κ3) is 1.09. The molecule has 0 spiro atoms. The number of fused-ring (bicyclic) bond motifs is 3. The van der Waals surface area contributed by atoms with E-state index >= 15 is 0 Å². The highest BCUT2D eigenvalue weighted by atomic mass is 16.8. The minimum atomic E-state index is 0.0324. The smallest absolute Gasteiger partial charge is 0.169 e. The van der Waals surface area contributed by atoms with E-state index in [1.165, 1.54) is 11.1 Å². The van der Waals surface area contributed by atoms with E-state index in [9.17, 15) is 0 Å². The van der Waals surface area contributed by atoms with Crippen LogP contribution in [0.15, 0.2) is 24.3 Å². The molecule has 1 saturated heterocycles. The van der Waals surface area contributed by atoms with Crippen molar-refractivity contribution in [2.45, 2.75) is 12.6 Å². The molecule has 3 nitrogen and oxygen atoms in total. The third-order valence-electron chi connectivity index (χ3n) is 2.63. The van der Waals surface area contributed by atoms with Crippen molar-refractivity contribution in [1.29, 1.82) is 0 Å². The zero-order chi connectivity index (χ0) is 8.67. The fraction of sp³-hybridized carbons (Fsp3) is 0.400. The Labute approximate surface area is 76.8 Å². The highest BCUT2D eigenvalue weighted by Crippen LogP contribution is 2.33. The molecule has 3 heteroatoms. The van der Waals surface area contributed by atoms with E-state index in [1.807, 2.05) is 11.1 Å². The van der Waals surface area contributed by atoms with Gasteiger partial charge in [-0.3, -0.25) is 4.84 Å². The van der Waals surface area contributed by atoms with Crippen molar-refractivity contribution in [1.82, 2.24) is 5.06 Å². The predicted octanol–water partition coefficient (Wildman–Crippen LogP) is 1.46. The van der Waals surface area contributed by atoms with Crippen molar-refractivity contribution < 1.29 is 9.57 Å². The summed E-state index contributed by atoms with van der Waals surface area (Å²) in [6.45, 7) is 1.32. The third-order valence-corrected chi connectivity index (χ3v) is 2.63. The van der Waals surface area contributed by atoms with Crippen molar-refractivity contribution in [2.75, 3.05) is 13.3 Å². The lowest BCUT2D eigenvalue weighted by atomic mass is 10.00. The van der Waals surface area contributed by atoms with Gasteiger partial charge in [-0.1, -0.05) is 24.3 Å². The Kier molecular flexibility index (Phi) is 1.62. The SMILES string of the molecule is c1ccc2c(c1)CCN1OCOC21. The predicted molar refractivity (Wildman–Crippen MR) is 46.6 cm³/mol. The van der Waals surface area contributed by atoms with Crippen molar-refractivity contribution in [2.24, 2.45) is 0 Å². The molecule has 2 aliphatic rings. The number of benzene rings is 1. The van der Waals surface area contributed by atoms with E-state index in [0.29, 0.717) is 6.79 Å². The van der Waals surface area contributed by atoms with Gasteiger partial charge in [0.05, 0.1) is 0 Å². The summed E-state index contributed by atoms with van der Waals surface area (Å²) in [4.78, 5) is 5.32. The highest BCUT2D eigenvalue weighted by molar-refractivity contribution is 5.31. The van der Waals surface area contributed by atoms with Gasteiger partial charge in [0.15, 0.2) is 13.0 Å². The summed E-state index contributed by atoms with van der Waals surface area (Å²) in [5.41, 5.74) is 2.64. The second kappa shape index (κ2) is 2.80. The molecule has 0 amide bonds. The quantitative estimate of drug-likeness (QED) is 0.599. The van der Waals surface area contributed by atoms with E-state index < -0.39 is 0 Å². The van der Waals surface area contributed by atoms with Crippen LogP contribution in [0, 0.1) is 0 Å². The molecular weight excluding hydrogens is 166 g/mol. The second-order valence-electron chi connectivity index (χ2n) is 3.36. The van der Waals surface area contributed by atoms with Crippen LogP contribution in [0.5, 0.6) is 0 Å². The fourth-order valence-electron chi connectivity index (χ4n) is 1.97.